The molecule has 170 valence electrons. The van der Waals surface area contributed by atoms with E-state index in [1.807, 2.05) is 24.3 Å². The van der Waals surface area contributed by atoms with E-state index in [0.717, 1.165) is 48.7 Å². The van der Waals surface area contributed by atoms with Crippen molar-refractivity contribution >= 4 is 11.0 Å². The van der Waals surface area contributed by atoms with Crippen LogP contribution in [0.15, 0.2) is 42.5 Å². The first kappa shape index (κ1) is 21.3. The molecule has 2 saturated heterocycles. The highest BCUT2D eigenvalue weighted by molar-refractivity contribution is 5.81. The van der Waals surface area contributed by atoms with Crippen molar-refractivity contribution in [1.29, 1.82) is 0 Å². The Bertz CT molecular complexity index is 1090. The van der Waals surface area contributed by atoms with Gasteiger partial charge in [0.2, 0.25) is 0 Å². The minimum Gasteiger partial charge on any atom is -0.497 e. The summed E-state index contributed by atoms with van der Waals surface area (Å²) in [7, 11) is 1.61. The zero-order valence-electron chi connectivity index (χ0n) is 18.2. The molecule has 0 saturated carbocycles. The van der Waals surface area contributed by atoms with Gasteiger partial charge in [-0.25, -0.2) is 4.98 Å². The lowest BCUT2D eigenvalue weighted by Gasteiger charge is -2.44. The van der Waals surface area contributed by atoms with Crippen molar-refractivity contribution in [1.82, 2.24) is 14.5 Å². The molecule has 3 aromatic rings. The molecule has 3 heterocycles. The van der Waals surface area contributed by atoms with Crippen LogP contribution < -0.4 is 4.74 Å². The molecule has 2 atom stereocenters. The Balaban J connectivity index is 1.58. The first-order valence-electron chi connectivity index (χ1n) is 11.4. The van der Waals surface area contributed by atoms with Crippen LogP contribution in [0.1, 0.15) is 37.7 Å². The highest BCUT2D eigenvalue weighted by atomic mass is 19.4. The Labute approximate surface area is 186 Å². The number of ether oxygens (including phenoxy) is 1. The van der Waals surface area contributed by atoms with Crippen molar-refractivity contribution in [2.24, 2.45) is 5.92 Å². The highest BCUT2D eigenvalue weighted by Crippen LogP contribution is 2.36. The molecule has 0 bridgehead atoms. The van der Waals surface area contributed by atoms with Gasteiger partial charge in [-0.15, -0.1) is 0 Å². The number of benzene rings is 2. The zero-order valence-corrected chi connectivity index (χ0v) is 18.2. The lowest BCUT2D eigenvalue weighted by molar-refractivity contribution is -0.137. The summed E-state index contributed by atoms with van der Waals surface area (Å²) in [6.07, 6.45) is 1.64. The van der Waals surface area contributed by atoms with E-state index >= 15 is 0 Å². The van der Waals surface area contributed by atoms with Crippen molar-refractivity contribution in [2.45, 2.75) is 50.9 Å². The molecule has 2 aliphatic heterocycles. The number of aromatic nitrogens is 2. The Hall–Kier alpha value is -2.54. The lowest BCUT2D eigenvalue weighted by Crippen LogP contribution is -2.49. The third-order valence-corrected chi connectivity index (χ3v) is 7.07. The first-order chi connectivity index (χ1) is 15.4. The van der Waals surface area contributed by atoms with E-state index in [0.29, 0.717) is 17.5 Å². The van der Waals surface area contributed by atoms with Gasteiger partial charge in [-0.05, 0) is 87.2 Å². The van der Waals surface area contributed by atoms with Crippen molar-refractivity contribution in [3.63, 3.8) is 0 Å². The molecule has 2 aromatic carbocycles. The average molecular weight is 444 g/mol. The number of hydrogen-bond donors (Lipinski definition) is 0. The van der Waals surface area contributed by atoms with Crippen molar-refractivity contribution in [2.75, 3.05) is 20.2 Å². The number of piperidine rings is 2. The van der Waals surface area contributed by atoms with Crippen molar-refractivity contribution in [3.05, 3.63) is 48.0 Å². The first-order valence-corrected chi connectivity index (χ1v) is 11.4. The normalized spacial score (nSPS) is 22.1. The Kier molecular flexibility index (Phi) is 5.61. The van der Waals surface area contributed by atoms with Crippen LogP contribution in [-0.2, 0) is 12.7 Å². The van der Waals surface area contributed by atoms with Gasteiger partial charge in [0.15, 0.2) is 0 Å². The van der Waals surface area contributed by atoms with Gasteiger partial charge in [-0.1, -0.05) is 6.42 Å². The smallest absolute Gasteiger partial charge is 0.416 e. The summed E-state index contributed by atoms with van der Waals surface area (Å²) in [4.78, 5) is 7.31. The molecule has 0 aliphatic carbocycles. The summed E-state index contributed by atoms with van der Waals surface area (Å²) >= 11 is 0. The number of imidazole rings is 1. The molecule has 0 unspecified atom stereocenters. The number of rotatable bonds is 4. The lowest BCUT2D eigenvalue weighted by atomic mass is 9.83. The van der Waals surface area contributed by atoms with E-state index in [2.05, 4.69) is 9.47 Å². The van der Waals surface area contributed by atoms with E-state index in [1.54, 1.807) is 13.2 Å². The summed E-state index contributed by atoms with van der Waals surface area (Å²) in [6, 6.07) is 12.1. The van der Waals surface area contributed by atoms with Gasteiger partial charge in [0, 0.05) is 18.2 Å². The largest absolute Gasteiger partial charge is 0.497 e. The summed E-state index contributed by atoms with van der Waals surface area (Å²) < 4.78 is 47.4. The van der Waals surface area contributed by atoms with E-state index in [-0.39, 0.29) is 0 Å². The van der Waals surface area contributed by atoms with Gasteiger partial charge < -0.3 is 14.2 Å². The number of halogens is 3. The van der Waals surface area contributed by atoms with Crippen LogP contribution in [-0.4, -0.2) is 40.7 Å². The molecule has 0 amide bonds. The van der Waals surface area contributed by atoms with Gasteiger partial charge in [0.05, 0.1) is 23.7 Å². The molecule has 0 radical (unpaired) electrons. The van der Waals surface area contributed by atoms with Crippen LogP contribution in [0.5, 0.6) is 5.75 Å². The van der Waals surface area contributed by atoms with E-state index < -0.39 is 11.7 Å². The Morgan fingerprint density at radius 2 is 1.78 bits per heavy atom. The van der Waals surface area contributed by atoms with E-state index in [4.69, 9.17) is 9.72 Å². The summed E-state index contributed by atoms with van der Waals surface area (Å²) in [5.74, 6) is 1.93. The molecule has 4 nitrogen and oxygen atoms in total. The molecule has 0 spiro atoms. The van der Waals surface area contributed by atoms with Gasteiger partial charge in [0.25, 0.3) is 0 Å². The third kappa shape index (κ3) is 3.98. The monoisotopic (exact) mass is 443 g/mol. The number of fused-ring (bicyclic) bond motifs is 2. The average Bonchev–Trinajstić information content (AvgIpc) is 3.16. The van der Waals surface area contributed by atoms with Crippen LogP contribution in [0.25, 0.3) is 22.4 Å². The predicted octanol–water partition coefficient (Wildman–Crippen LogP) is 6.00. The summed E-state index contributed by atoms with van der Waals surface area (Å²) in [5.41, 5.74) is 1.37. The summed E-state index contributed by atoms with van der Waals surface area (Å²) in [5, 5.41) is 0. The third-order valence-electron chi connectivity index (χ3n) is 7.07. The second-order valence-electron chi connectivity index (χ2n) is 8.98. The second kappa shape index (κ2) is 8.43. The van der Waals surface area contributed by atoms with Crippen molar-refractivity contribution in [3.8, 4) is 17.1 Å². The van der Waals surface area contributed by atoms with Crippen LogP contribution >= 0.6 is 0 Å². The molecule has 2 fully saturated rings. The molecular weight excluding hydrogens is 415 g/mol. The number of alkyl halides is 3. The van der Waals surface area contributed by atoms with Crippen LogP contribution in [0.2, 0.25) is 0 Å². The SMILES string of the molecule is COc1ccc(-c2nc3cc(C(F)(F)F)ccc3n2C[C@@H]2CCCN3CCCC[C@H]23)cc1. The summed E-state index contributed by atoms with van der Waals surface area (Å²) in [6.45, 7) is 3.09. The number of nitrogens with zero attached hydrogens (tertiary/aromatic N) is 3. The molecule has 1 aromatic heterocycles. The number of hydrogen-bond acceptors (Lipinski definition) is 3. The second-order valence-corrected chi connectivity index (χ2v) is 8.98. The molecule has 32 heavy (non-hydrogen) atoms. The fourth-order valence-electron chi connectivity index (χ4n) is 5.48. The maximum atomic E-state index is 13.3. The molecule has 7 heteroatoms. The van der Waals surface area contributed by atoms with Gasteiger partial charge >= 0.3 is 6.18 Å². The zero-order chi connectivity index (χ0) is 22.3. The standard InChI is InChI=1S/C25H28F3N3O/c1-32-20-10-7-17(8-11-20)24-29-21-15-19(25(26,27)28)9-12-23(21)31(24)16-18-5-4-14-30-13-3-2-6-22(18)30/h7-12,15,18,22H,2-6,13-14,16H2,1H3/t18-,22+/m0/s1. The topological polar surface area (TPSA) is 30.3 Å². The fourth-order valence-corrected chi connectivity index (χ4v) is 5.48. The number of methoxy groups -OCH3 is 1. The Morgan fingerprint density at radius 1 is 1.00 bits per heavy atom. The highest BCUT2D eigenvalue weighted by Gasteiger charge is 2.35. The molecule has 0 N–H and O–H groups in total. The van der Waals surface area contributed by atoms with Gasteiger partial charge in [0.1, 0.15) is 11.6 Å². The van der Waals surface area contributed by atoms with E-state index in [9.17, 15) is 13.2 Å². The van der Waals surface area contributed by atoms with Crippen LogP contribution in [0.4, 0.5) is 13.2 Å². The molecule has 5 rings (SSSR count). The maximum Gasteiger partial charge on any atom is 0.416 e. The predicted molar refractivity (Wildman–Crippen MR) is 119 cm³/mol. The van der Waals surface area contributed by atoms with Crippen LogP contribution in [0, 0.1) is 5.92 Å². The minimum absolute atomic E-state index is 0.391. The Morgan fingerprint density at radius 3 is 2.53 bits per heavy atom. The maximum absolute atomic E-state index is 13.3. The van der Waals surface area contributed by atoms with Crippen LogP contribution in [0.3, 0.4) is 0 Å². The minimum atomic E-state index is -4.38. The molecule has 2 aliphatic rings. The molecular formula is C25H28F3N3O. The van der Waals surface area contributed by atoms with Crippen molar-refractivity contribution < 1.29 is 17.9 Å². The van der Waals surface area contributed by atoms with Gasteiger partial charge in [-0.2, -0.15) is 13.2 Å². The van der Waals surface area contributed by atoms with E-state index in [1.165, 1.54) is 37.8 Å². The fraction of sp³-hybridized carbons (Fsp3) is 0.480. The van der Waals surface area contributed by atoms with Gasteiger partial charge in [-0.3, -0.25) is 0 Å². The quantitative estimate of drug-likeness (QED) is 0.496.